The molecule has 5 fully saturated rings. The molecule has 0 radical (unpaired) electrons. The molecule has 6 aliphatic rings. The Labute approximate surface area is 210 Å². The van der Waals surface area contributed by atoms with Crippen LogP contribution < -0.4 is 0 Å². The molecule has 8 rings (SSSR count). The van der Waals surface area contributed by atoms with Crippen LogP contribution in [0.5, 0.6) is 5.75 Å². The predicted octanol–water partition coefficient (Wildman–Crippen LogP) is 4.92. The van der Waals surface area contributed by atoms with Gasteiger partial charge in [0, 0.05) is 24.2 Å². The third kappa shape index (κ3) is 3.78. The average Bonchev–Trinajstić information content (AvgIpc) is 3.26. The third-order valence-corrected chi connectivity index (χ3v) is 10.1. The van der Waals surface area contributed by atoms with Crippen molar-refractivity contribution in [2.75, 3.05) is 26.3 Å². The van der Waals surface area contributed by atoms with Crippen LogP contribution in [0.25, 0.3) is 11.3 Å². The molecule has 0 spiro atoms. The molecule has 4 aliphatic carbocycles. The summed E-state index contributed by atoms with van der Waals surface area (Å²) in [6, 6.07) is 11.9. The van der Waals surface area contributed by atoms with Crippen LogP contribution in [-0.2, 0) is 14.9 Å². The first-order chi connectivity index (χ1) is 17.1. The summed E-state index contributed by atoms with van der Waals surface area (Å²) in [5.41, 5.74) is 3.84. The molecule has 7 heteroatoms. The van der Waals surface area contributed by atoms with E-state index >= 15 is 0 Å². The number of hydrogen-bond donors (Lipinski definition) is 1. The third-order valence-electron chi connectivity index (χ3n) is 8.88. The molecular weight excluding hydrogens is 458 g/mol. The van der Waals surface area contributed by atoms with Gasteiger partial charge in [0.05, 0.1) is 24.6 Å². The van der Waals surface area contributed by atoms with E-state index in [1.807, 2.05) is 30.3 Å². The number of aromatic nitrogens is 1. The first-order valence-corrected chi connectivity index (χ1v) is 13.9. The Morgan fingerprint density at radius 1 is 1.00 bits per heavy atom. The summed E-state index contributed by atoms with van der Waals surface area (Å²) in [6.45, 7) is 2.86. The Morgan fingerprint density at radius 2 is 1.71 bits per heavy atom. The molecular formula is C28H31N3O3S. The smallest absolute Gasteiger partial charge is 0.267 e. The number of phenols is 1. The molecule has 1 aromatic heterocycles. The number of phenolic OH excluding ortho intramolecular Hbond substituents is 1. The molecule has 1 amide bonds. The van der Waals surface area contributed by atoms with E-state index < -0.39 is 5.25 Å². The molecule has 182 valence electrons. The first kappa shape index (κ1) is 21.9. The number of thioether (sulfide) groups is 1. The fraction of sp³-hybridized carbons (Fsp3) is 0.536. The summed E-state index contributed by atoms with van der Waals surface area (Å²) in [4.78, 5) is 24.2. The quantitative estimate of drug-likeness (QED) is 0.659. The van der Waals surface area contributed by atoms with Gasteiger partial charge in [-0.25, -0.2) is 0 Å². The Hall–Kier alpha value is -2.38. The standard InChI is InChI=1S/C28H31N3O3S/c32-24-5-4-20(13-21(24)28-14-17-10-18(15-28)12-19(11-17)16-28)22-2-1-3-23(29-22)25-26(33)30-27(35-25)31-6-8-34-9-7-31/h1-5,13,17-19,25,32H,6-12,14-16H2. The first-order valence-electron chi connectivity index (χ1n) is 13.0. The molecule has 35 heavy (non-hydrogen) atoms. The highest BCUT2D eigenvalue weighted by atomic mass is 32.2. The number of carbonyl (C=O) groups excluding carboxylic acids is 1. The van der Waals surface area contributed by atoms with Crippen LogP contribution in [0.3, 0.4) is 0 Å². The van der Waals surface area contributed by atoms with Crippen molar-refractivity contribution >= 4 is 22.8 Å². The maximum Gasteiger partial charge on any atom is 0.267 e. The van der Waals surface area contributed by atoms with Crippen molar-refractivity contribution in [2.24, 2.45) is 22.7 Å². The zero-order valence-electron chi connectivity index (χ0n) is 19.9. The van der Waals surface area contributed by atoms with Crippen molar-refractivity contribution in [1.82, 2.24) is 9.88 Å². The summed E-state index contributed by atoms with van der Waals surface area (Å²) in [5, 5.41) is 11.3. The number of benzene rings is 1. The lowest BCUT2D eigenvalue weighted by Gasteiger charge is -2.57. The van der Waals surface area contributed by atoms with Gasteiger partial charge >= 0.3 is 0 Å². The lowest BCUT2D eigenvalue weighted by molar-refractivity contribution is -0.117. The molecule has 1 saturated heterocycles. The highest BCUT2D eigenvalue weighted by molar-refractivity contribution is 8.15. The molecule has 4 saturated carbocycles. The molecule has 1 atom stereocenters. The van der Waals surface area contributed by atoms with E-state index in [0.29, 0.717) is 19.0 Å². The Kier molecular flexibility index (Phi) is 5.21. The van der Waals surface area contributed by atoms with Gasteiger partial charge in [0.2, 0.25) is 0 Å². The van der Waals surface area contributed by atoms with E-state index in [9.17, 15) is 9.90 Å². The number of amidine groups is 1. The minimum absolute atomic E-state index is 0.116. The molecule has 4 bridgehead atoms. The maximum atomic E-state index is 12.8. The van der Waals surface area contributed by atoms with Crippen molar-refractivity contribution in [3.05, 3.63) is 47.7 Å². The second kappa shape index (κ2) is 8.34. The van der Waals surface area contributed by atoms with Crippen LogP contribution in [0, 0.1) is 17.8 Å². The van der Waals surface area contributed by atoms with Crippen molar-refractivity contribution in [3.8, 4) is 17.0 Å². The number of pyridine rings is 1. The largest absolute Gasteiger partial charge is 0.508 e. The Morgan fingerprint density at radius 3 is 2.43 bits per heavy atom. The highest BCUT2D eigenvalue weighted by Gasteiger charge is 2.52. The zero-order valence-corrected chi connectivity index (χ0v) is 20.7. The van der Waals surface area contributed by atoms with E-state index in [0.717, 1.165) is 58.5 Å². The molecule has 2 aromatic rings. The number of carbonyl (C=O) groups is 1. The summed E-state index contributed by atoms with van der Waals surface area (Å²) in [5.74, 6) is 2.74. The summed E-state index contributed by atoms with van der Waals surface area (Å²) in [7, 11) is 0. The van der Waals surface area contributed by atoms with Crippen LogP contribution >= 0.6 is 11.8 Å². The topological polar surface area (TPSA) is 75.0 Å². The lowest BCUT2D eigenvalue weighted by atomic mass is 9.48. The fourth-order valence-electron chi connectivity index (χ4n) is 7.74. The SMILES string of the molecule is O=C1N=C(N2CCOCC2)SC1c1cccc(-c2ccc(O)c(C34CC5CC(CC(C5)C3)C4)c2)n1. The predicted molar refractivity (Wildman–Crippen MR) is 136 cm³/mol. The van der Waals surface area contributed by atoms with Gasteiger partial charge in [-0.1, -0.05) is 17.8 Å². The van der Waals surface area contributed by atoms with Gasteiger partial charge in [0.15, 0.2) is 5.17 Å². The Balaban J connectivity index is 1.17. The molecule has 1 unspecified atom stereocenters. The maximum absolute atomic E-state index is 12.8. The lowest BCUT2D eigenvalue weighted by Crippen LogP contribution is -2.48. The zero-order chi connectivity index (χ0) is 23.6. The van der Waals surface area contributed by atoms with Crippen molar-refractivity contribution in [1.29, 1.82) is 0 Å². The average molecular weight is 490 g/mol. The number of hydrogen-bond acceptors (Lipinski definition) is 6. The van der Waals surface area contributed by atoms with Crippen LogP contribution in [0.1, 0.15) is 55.0 Å². The second-order valence-corrected chi connectivity index (χ2v) is 12.3. The molecule has 2 aliphatic heterocycles. The van der Waals surface area contributed by atoms with Gasteiger partial charge in [0.1, 0.15) is 11.0 Å². The van der Waals surface area contributed by atoms with Crippen molar-refractivity contribution < 1.29 is 14.6 Å². The number of ether oxygens (including phenoxy) is 1. The van der Waals surface area contributed by atoms with Crippen LogP contribution in [0.2, 0.25) is 0 Å². The second-order valence-electron chi connectivity index (χ2n) is 11.2. The normalized spacial score (nSPS) is 33.9. The fourth-order valence-corrected chi connectivity index (χ4v) is 8.83. The van der Waals surface area contributed by atoms with Gasteiger partial charge < -0.3 is 14.7 Å². The van der Waals surface area contributed by atoms with Crippen molar-refractivity contribution in [2.45, 2.75) is 49.2 Å². The summed E-state index contributed by atoms with van der Waals surface area (Å²) >= 11 is 1.49. The molecule has 1 N–H and O–H groups in total. The van der Waals surface area contributed by atoms with Crippen molar-refractivity contribution in [3.63, 3.8) is 0 Å². The number of nitrogens with zero attached hydrogens (tertiary/aromatic N) is 3. The monoisotopic (exact) mass is 489 g/mol. The number of aromatic hydroxyl groups is 1. The van der Waals surface area contributed by atoms with Gasteiger partial charge in [-0.15, -0.1) is 0 Å². The summed E-state index contributed by atoms with van der Waals surface area (Å²) < 4.78 is 5.44. The number of rotatable bonds is 3. The summed E-state index contributed by atoms with van der Waals surface area (Å²) in [6.07, 6.45) is 7.76. The van der Waals surface area contributed by atoms with E-state index in [1.54, 1.807) is 0 Å². The van der Waals surface area contributed by atoms with E-state index in [-0.39, 0.29) is 11.3 Å². The van der Waals surface area contributed by atoms with E-state index in [4.69, 9.17) is 9.72 Å². The van der Waals surface area contributed by atoms with Crippen LogP contribution in [-0.4, -0.2) is 52.4 Å². The molecule has 6 nitrogen and oxygen atoms in total. The van der Waals surface area contributed by atoms with Crippen LogP contribution in [0.15, 0.2) is 41.4 Å². The van der Waals surface area contributed by atoms with E-state index in [1.165, 1.54) is 50.3 Å². The van der Waals surface area contributed by atoms with Gasteiger partial charge in [0.25, 0.3) is 5.91 Å². The molecule has 3 heterocycles. The minimum Gasteiger partial charge on any atom is -0.508 e. The van der Waals surface area contributed by atoms with E-state index in [2.05, 4.69) is 16.0 Å². The number of morpholine rings is 1. The number of amides is 1. The van der Waals surface area contributed by atoms with Crippen LogP contribution in [0.4, 0.5) is 0 Å². The van der Waals surface area contributed by atoms with Gasteiger partial charge in [-0.3, -0.25) is 9.78 Å². The van der Waals surface area contributed by atoms with Gasteiger partial charge in [-0.2, -0.15) is 4.99 Å². The number of aliphatic imine (C=N–C) groups is 1. The molecule has 1 aromatic carbocycles. The minimum atomic E-state index is -0.410. The highest BCUT2D eigenvalue weighted by Crippen LogP contribution is 2.62. The van der Waals surface area contributed by atoms with Gasteiger partial charge in [-0.05, 0) is 92.0 Å². The Bertz CT molecular complexity index is 1170.